The summed E-state index contributed by atoms with van der Waals surface area (Å²) in [6, 6.07) is 4.20. The van der Waals surface area contributed by atoms with Crippen molar-refractivity contribution in [3.63, 3.8) is 0 Å². The van der Waals surface area contributed by atoms with Gasteiger partial charge in [-0.25, -0.2) is 4.39 Å². The predicted octanol–water partition coefficient (Wildman–Crippen LogP) is 2.49. The largest absolute Gasteiger partial charge is 0.274 e. The average molecular weight is 286 g/mol. The number of anilines is 1. The molecule has 0 spiro atoms. The van der Waals surface area contributed by atoms with Gasteiger partial charge in [-0.2, -0.15) is 0 Å². The Kier molecular flexibility index (Phi) is 2.80. The minimum absolute atomic E-state index is 0.191. The summed E-state index contributed by atoms with van der Waals surface area (Å²) in [5.41, 5.74) is 0.292. The van der Waals surface area contributed by atoms with Crippen molar-refractivity contribution in [3.05, 3.63) is 28.5 Å². The Morgan fingerprint density at radius 1 is 1.44 bits per heavy atom. The molecular formula is C11H9BrFNO2. The highest BCUT2D eigenvalue weighted by atomic mass is 79.9. The lowest BCUT2D eigenvalue weighted by atomic mass is 10.1. The number of hydrogen-bond donors (Lipinski definition) is 0. The van der Waals surface area contributed by atoms with Gasteiger partial charge >= 0.3 is 0 Å². The second kappa shape index (κ2) is 3.97. The fourth-order valence-electron chi connectivity index (χ4n) is 1.68. The van der Waals surface area contributed by atoms with E-state index in [4.69, 9.17) is 0 Å². The molecule has 3 nitrogen and oxygen atoms in total. The molecule has 1 aliphatic rings. The minimum Gasteiger partial charge on any atom is -0.274 e. The monoisotopic (exact) mass is 285 g/mol. The van der Waals surface area contributed by atoms with Gasteiger partial charge in [0.05, 0.1) is 10.2 Å². The van der Waals surface area contributed by atoms with Crippen LogP contribution in [0.1, 0.15) is 13.3 Å². The third-order valence-electron chi connectivity index (χ3n) is 2.53. The van der Waals surface area contributed by atoms with Gasteiger partial charge in [0.25, 0.3) is 0 Å². The van der Waals surface area contributed by atoms with Crippen LogP contribution in [0.3, 0.4) is 0 Å². The van der Waals surface area contributed by atoms with E-state index in [9.17, 15) is 14.0 Å². The number of amides is 2. The van der Waals surface area contributed by atoms with Crippen molar-refractivity contribution in [2.24, 2.45) is 5.92 Å². The summed E-state index contributed by atoms with van der Waals surface area (Å²) in [7, 11) is 0. The number of carbonyl (C=O) groups is 2. The summed E-state index contributed by atoms with van der Waals surface area (Å²) in [5, 5.41) is 0. The first-order chi connectivity index (χ1) is 7.50. The molecule has 2 rings (SSSR count). The van der Waals surface area contributed by atoms with E-state index < -0.39 is 5.82 Å². The van der Waals surface area contributed by atoms with Crippen LogP contribution in [0.5, 0.6) is 0 Å². The molecule has 1 aliphatic heterocycles. The first kappa shape index (κ1) is 11.3. The summed E-state index contributed by atoms with van der Waals surface area (Å²) >= 11 is 3.02. The van der Waals surface area contributed by atoms with Crippen LogP contribution in [0.25, 0.3) is 0 Å². The van der Waals surface area contributed by atoms with Crippen molar-refractivity contribution >= 4 is 33.4 Å². The van der Waals surface area contributed by atoms with Gasteiger partial charge in [0, 0.05) is 12.3 Å². The molecule has 84 valence electrons. The normalized spacial score (nSPS) is 20.7. The third-order valence-corrected chi connectivity index (χ3v) is 3.18. The van der Waals surface area contributed by atoms with Crippen LogP contribution in [0.2, 0.25) is 0 Å². The van der Waals surface area contributed by atoms with Crippen LogP contribution >= 0.6 is 15.9 Å². The van der Waals surface area contributed by atoms with Crippen LogP contribution in [-0.4, -0.2) is 11.8 Å². The molecule has 1 fully saturated rings. The van der Waals surface area contributed by atoms with Crippen molar-refractivity contribution in [1.29, 1.82) is 0 Å². The van der Waals surface area contributed by atoms with E-state index >= 15 is 0 Å². The average Bonchev–Trinajstić information content (AvgIpc) is 2.47. The molecule has 0 aliphatic carbocycles. The summed E-state index contributed by atoms with van der Waals surface area (Å²) in [6.45, 7) is 1.69. The lowest BCUT2D eigenvalue weighted by molar-refractivity contribution is -0.122. The van der Waals surface area contributed by atoms with Gasteiger partial charge < -0.3 is 0 Å². The summed E-state index contributed by atoms with van der Waals surface area (Å²) in [6.07, 6.45) is 0.191. The lowest BCUT2D eigenvalue weighted by Gasteiger charge is -2.14. The molecule has 1 aromatic carbocycles. The zero-order chi connectivity index (χ0) is 11.9. The fourth-order valence-corrected chi connectivity index (χ4v) is 1.93. The molecule has 1 aromatic rings. The third kappa shape index (κ3) is 1.75. The summed E-state index contributed by atoms with van der Waals surface area (Å²) < 4.78 is 13.6. The first-order valence-electron chi connectivity index (χ1n) is 4.82. The van der Waals surface area contributed by atoms with Crippen LogP contribution in [0.4, 0.5) is 10.1 Å². The molecular weight excluding hydrogens is 277 g/mol. The maximum Gasteiger partial charge on any atom is 0.237 e. The molecule has 5 heteroatoms. The smallest absolute Gasteiger partial charge is 0.237 e. The zero-order valence-electron chi connectivity index (χ0n) is 8.54. The molecule has 0 aromatic heterocycles. The van der Waals surface area contributed by atoms with Gasteiger partial charge in [-0.1, -0.05) is 6.92 Å². The molecule has 16 heavy (non-hydrogen) atoms. The van der Waals surface area contributed by atoms with Crippen molar-refractivity contribution in [1.82, 2.24) is 0 Å². The van der Waals surface area contributed by atoms with E-state index in [2.05, 4.69) is 15.9 Å². The number of rotatable bonds is 1. The number of carbonyl (C=O) groups excluding carboxylic acids is 2. The topological polar surface area (TPSA) is 37.4 Å². The van der Waals surface area contributed by atoms with Gasteiger partial charge in [-0.05, 0) is 34.1 Å². The van der Waals surface area contributed by atoms with Crippen molar-refractivity contribution in [2.45, 2.75) is 13.3 Å². The Labute approximate surface area is 100 Å². The highest BCUT2D eigenvalue weighted by Gasteiger charge is 2.36. The standard InChI is InChI=1S/C11H9BrFNO2/c1-6-4-10(15)14(11(6)16)7-2-3-8(12)9(13)5-7/h2-3,5-6H,4H2,1H3. The highest BCUT2D eigenvalue weighted by molar-refractivity contribution is 9.10. The van der Waals surface area contributed by atoms with Crippen molar-refractivity contribution in [2.75, 3.05) is 4.90 Å². The van der Waals surface area contributed by atoms with Gasteiger partial charge in [-0.15, -0.1) is 0 Å². The number of nitrogens with zero attached hydrogens (tertiary/aromatic N) is 1. The summed E-state index contributed by atoms with van der Waals surface area (Å²) in [5.74, 6) is -1.36. The predicted molar refractivity (Wildman–Crippen MR) is 60.4 cm³/mol. The number of benzene rings is 1. The van der Waals surface area contributed by atoms with Crippen molar-refractivity contribution < 1.29 is 14.0 Å². The molecule has 2 amide bonds. The van der Waals surface area contributed by atoms with E-state index in [-0.39, 0.29) is 24.2 Å². The fraction of sp³-hybridized carbons (Fsp3) is 0.273. The Hall–Kier alpha value is -1.23. The molecule has 0 radical (unpaired) electrons. The van der Waals surface area contributed by atoms with Crippen LogP contribution in [0.15, 0.2) is 22.7 Å². The molecule has 0 saturated carbocycles. The lowest BCUT2D eigenvalue weighted by Crippen LogP contribution is -2.30. The van der Waals surface area contributed by atoms with Crippen molar-refractivity contribution in [3.8, 4) is 0 Å². The van der Waals surface area contributed by atoms with Gasteiger partial charge in [-0.3, -0.25) is 14.5 Å². The van der Waals surface area contributed by atoms with E-state index in [1.54, 1.807) is 13.0 Å². The maximum absolute atomic E-state index is 13.3. The Morgan fingerprint density at radius 3 is 2.62 bits per heavy atom. The van der Waals surface area contributed by atoms with E-state index in [0.29, 0.717) is 10.2 Å². The van der Waals surface area contributed by atoms with E-state index in [1.165, 1.54) is 12.1 Å². The molecule has 0 bridgehead atoms. The zero-order valence-corrected chi connectivity index (χ0v) is 10.1. The summed E-state index contributed by atoms with van der Waals surface area (Å²) in [4.78, 5) is 24.3. The van der Waals surface area contributed by atoms with E-state index in [1.807, 2.05) is 0 Å². The van der Waals surface area contributed by atoms with E-state index in [0.717, 1.165) is 4.90 Å². The number of halogens is 2. The second-order valence-corrected chi connectivity index (χ2v) is 4.63. The molecule has 0 N–H and O–H groups in total. The quantitative estimate of drug-likeness (QED) is 0.744. The van der Waals surface area contributed by atoms with Crippen LogP contribution in [-0.2, 0) is 9.59 Å². The Morgan fingerprint density at radius 2 is 2.12 bits per heavy atom. The molecule has 1 atom stereocenters. The number of hydrogen-bond acceptors (Lipinski definition) is 2. The number of imide groups is 1. The van der Waals surface area contributed by atoms with Gasteiger partial charge in [0.1, 0.15) is 5.82 Å². The Balaban J connectivity index is 2.41. The first-order valence-corrected chi connectivity index (χ1v) is 5.62. The molecule has 1 unspecified atom stereocenters. The highest BCUT2D eigenvalue weighted by Crippen LogP contribution is 2.28. The minimum atomic E-state index is -0.488. The molecule has 1 heterocycles. The van der Waals surface area contributed by atoms with Gasteiger partial charge in [0.15, 0.2) is 0 Å². The maximum atomic E-state index is 13.3. The Bertz CT molecular complexity index is 475. The van der Waals surface area contributed by atoms with Crippen LogP contribution < -0.4 is 4.90 Å². The molecule has 1 saturated heterocycles. The second-order valence-electron chi connectivity index (χ2n) is 3.77. The van der Waals surface area contributed by atoms with Crippen LogP contribution in [0, 0.1) is 11.7 Å². The SMILES string of the molecule is CC1CC(=O)N(c2ccc(Br)c(F)c2)C1=O. The van der Waals surface area contributed by atoms with Gasteiger partial charge in [0.2, 0.25) is 11.8 Å².